The average Bonchev–Trinajstić information content (AvgIpc) is 2.58. The number of ether oxygens (including phenoxy) is 2. The Morgan fingerprint density at radius 1 is 1.04 bits per heavy atom. The summed E-state index contributed by atoms with van der Waals surface area (Å²) >= 11 is 0. The lowest BCUT2D eigenvalue weighted by Gasteiger charge is -2.20. The van der Waals surface area contributed by atoms with E-state index in [2.05, 4.69) is 0 Å². The molecule has 1 aromatic rings. The highest BCUT2D eigenvalue weighted by Crippen LogP contribution is 2.04. The van der Waals surface area contributed by atoms with Gasteiger partial charge in [-0.05, 0) is 18.9 Å². The molecule has 0 heterocycles. The van der Waals surface area contributed by atoms with Crippen molar-refractivity contribution in [2.75, 3.05) is 6.61 Å². The molecule has 0 aliphatic rings. The van der Waals surface area contributed by atoms with Crippen molar-refractivity contribution in [3.63, 3.8) is 0 Å². The summed E-state index contributed by atoms with van der Waals surface area (Å²) < 4.78 is 9.74. The molecule has 9 heteroatoms. The lowest BCUT2D eigenvalue weighted by Crippen LogP contribution is -2.47. The molecule has 0 aromatic heterocycles. The Hall–Kier alpha value is -2.49. The average molecular weight is 353 g/mol. The van der Waals surface area contributed by atoms with Crippen LogP contribution in [-0.2, 0) is 30.3 Å². The van der Waals surface area contributed by atoms with Gasteiger partial charge in [-0.25, -0.2) is 0 Å². The maximum absolute atomic E-state index is 11.8. The van der Waals surface area contributed by atoms with Crippen LogP contribution in [0.25, 0.3) is 0 Å². The van der Waals surface area contributed by atoms with Crippen LogP contribution in [0.3, 0.4) is 0 Å². The molecule has 0 aliphatic carbocycles. The van der Waals surface area contributed by atoms with Gasteiger partial charge in [0.15, 0.2) is 0 Å². The summed E-state index contributed by atoms with van der Waals surface area (Å²) in [4.78, 5) is 34.3. The summed E-state index contributed by atoms with van der Waals surface area (Å²) in [5.74, 6) is -2.94. The van der Waals surface area contributed by atoms with Gasteiger partial charge in [0.1, 0.15) is 30.8 Å². The Balaban J connectivity index is 2.41. The van der Waals surface area contributed by atoms with Crippen LogP contribution in [0.4, 0.5) is 0 Å². The molecule has 0 saturated heterocycles. The van der Waals surface area contributed by atoms with Crippen molar-refractivity contribution >= 4 is 17.9 Å². The molecule has 0 fully saturated rings. The second-order valence-electron chi connectivity index (χ2n) is 5.54. The molecule has 0 unspecified atom stereocenters. The van der Waals surface area contributed by atoms with Crippen LogP contribution in [-0.4, -0.2) is 53.9 Å². The van der Waals surface area contributed by atoms with Gasteiger partial charge in [0.05, 0.1) is 0 Å². The molecular weight excluding hydrogens is 330 g/mol. The first-order valence-corrected chi connectivity index (χ1v) is 7.63. The minimum absolute atomic E-state index is 0.282. The second kappa shape index (κ2) is 9.72. The molecule has 138 valence electrons. The van der Waals surface area contributed by atoms with Gasteiger partial charge in [0, 0.05) is 0 Å². The standard InChI is InChI=1S/C16H23N3O6/c1-9(13(19)14(20)21)25-16(23)12(18)8-24-15(22)11(17)7-10-5-3-2-4-6-10/h2-6,9,11-13H,7-8,17-19H2,1H3,(H,20,21)/t9-,11+,12+,13+/m1/s1. The molecule has 1 aromatic carbocycles. The highest BCUT2D eigenvalue weighted by atomic mass is 16.6. The monoisotopic (exact) mass is 353 g/mol. The van der Waals surface area contributed by atoms with Crippen molar-refractivity contribution in [3.8, 4) is 0 Å². The third-order valence-electron chi connectivity index (χ3n) is 3.40. The van der Waals surface area contributed by atoms with E-state index in [1.165, 1.54) is 6.92 Å². The molecule has 0 bridgehead atoms. The largest absolute Gasteiger partial charge is 0.480 e. The Kier molecular flexibility index (Phi) is 7.99. The summed E-state index contributed by atoms with van der Waals surface area (Å²) in [6.07, 6.45) is -0.795. The smallest absolute Gasteiger partial charge is 0.326 e. The van der Waals surface area contributed by atoms with E-state index in [9.17, 15) is 14.4 Å². The van der Waals surface area contributed by atoms with Gasteiger partial charge < -0.3 is 31.8 Å². The van der Waals surface area contributed by atoms with E-state index >= 15 is 0 Å². The van der Waals surface area contributed by atoms with E-state index < -0.39 is 48.7 Å². The first-order valence-electron chi connectivity index (χ1n) is 7.63. The number of carboxylic acid groups (broad SMARTS) is 1. The number of esters is 2. The molecule has 0 radical (unpaired) electrons. The predicted molar refractivity (Wildman–Crippen MR) is 88.2 cm³/mol. The molecule has 0 amide bonds. The van der Waals surface area contributed by atoms with Crippen molar-refractivity contribution < 1.29 is 29.0 Å². The van der Waals surface area contributed by atoms with Crippen molar-refractivity contribution in [1.29, 1.82) is 0 Å². The summed E-state index contributed by atoms with van der Waals surface area (Å²) in [7, 11) is 0. The number of carbonyl (C=O) groups is 3. The fraction of sp³-hybridized carbons (Fsp3) is 0.438. The summed E-state index contributed by atoms with van der Waals surface area (Å²) in [5, 5.41) is 8.73. The lowest BCUT2D eigenvalue weighted by molar-refractivity contribution is -0.157. The van der Waals surface area contributed by atoms with Crippen LogP contribution >= 0.6 is 0 Å². The molecule has 4 atom stereocenters. The van der Waals surface area contributed by atoms with E-state index in [4.69, 9.17) is 31.8 Å². The van der Waals surface area contributed by atoms with Crippen LogP contribution in [0.1, 0.15) is 12.5 Å². The first kappa shape index (κ1) is 20.6. The van der Waals surface area contributed by atoms with E-state index in [-0.39, 0.29) is 6.42 Å². The topological polar surface area (TPSA) is 168 Å². The van der Waals surface area contributed by atoms with Gasteiger partial charge in [-0.1, -0.05) is 30.3 Å². The minimum Gasteiger partial charge on any atom is -0.480 e. The molecule has 0 aliphatic heterocycles. The van der Waals surface area contributed by atoms with Gasteiger partial charge in [-0.3, -0.25) is 14.4 Å². The van der Waals surface area contributed by atoms with Gasteiger partial charge in [-0.15, -0.1) is 0 Å². The fourth-order valence-corrected chi connectivity index (χ4v) is 1.84. The zero-order chi connectivity index (χ0) is 19.0. The van der Waals surface area contributed by atoms with Crippen LogP contribution in [0.2, 0.25) is 0 Å². The third kappa shape index (κ3) is 6.87. The SMILES string of the molecule is C[C@@H](OC(=O)[C@@H](N)COC(=O)[C@@H](N)Cc1ccccc1)[C@H](N)C(=O)O. The lowest BCUT2D eigenvalue weighted by atomic mass is 10.1. The normalized spacial score (nSPS) is 15.5. The number of hydrogen-bond donors (Lipinski definition) is 4. The quantitative estimate of drug-likeness (QED) is 0.397. The Bertz CT molecular complexity index is 595. The third-order valence-corrected chi connectivity index (χ3v) is 3.40. The predicted octanol–water partition coefficient (Wildman–Crippen LogP) is -1.23. The van der Waals surface area contributed by atoms with Crippen LogP contribution in [0, 0.1) is 0 Å². The molecule has 25 heavy (non-hydrogen) atoms. The molecule has 0 saturated carbocycles. The fourth-order valence-electron chi connectivity index (χ4n) is 1.84. The molecule has 7 N–H and O–H groups in total. The number of benzene rings is 1. The number of carboxylic acids is 1. The van der Waals surface area contributed by atoms with E-state index in [1.54, 1.807) is 0 Å². The summed E-state index contributed by atoms with van der Waals surface area (Å²) in [6, 6.07) is 5.59. The van der Waals surface area contributed by atoms with Crippen LogP contribution in [0.15, 0.2) is 30.3 Å². The Morgan fingerprint density at radius 3 is 2.20 bits per heavy atom. The van der Waals surface area contributed by atoms with Gasteiger partial charge in [0.2, 0.25) is 0 Å². The summed E-state index contributed by atoms with van der Waals surface area (Å²) in [6.45, 7) is 0.889. The number of aliphatic carboxylic acids is 1. The maximum Gasteiger partial charge on any atom is 0.326 e. The number of hydrogen-bond acceptors (Lipinski definition) is 8. The van der Waals surface area contributed by atoms with Crippen LogP contribution < -0.4 is 17.2 Å². The number of nitrogens with two attached hydrogens (primary N) is 3. The van der Waals surface area contributed by atoms with Crippen molar-refractivity contribution in [2.24, 2.45) is 17.2 Å². The van der Waals surface area contributed by atoms with Crippen molar-refractivity contribution in [3.05, 3.63) is 35.9 Å². The molecule has 1 rings (SSSR count). The molecular formula is C16H23N3O6. The number of rotatable bonds is 9. The zero-order valence-electron chi connectivity index (χ0n) is 13.8. The van der Waals surface area contributed by atoms with E-state index in [0.29, 0.717) is 0 Å². The Morgan fingerprint density at radius 2 is 1.64 bits per heavy atom. The summed E-state index contributed by atoms with van der Waals surface area (Å²) in [5.41, 5.74) is 17.5. The van der Waals surface area contributed by atoms with Crippen LogP contribution in [0.5, 0.6) is 0 Å². The highest BCUT2D eigenvalue weighted by molar-refractivity contribution is 5.79. The van der Waals surface area contributed by atoms with E-state index in [0.717, 1.165) is 5.56 Å². The van der Waals surface area contributed by atoms with Gasteiger partial charge >= 0.3 is 17.9 Å². The first-order chi connectivity index (χ1) is 11.7. The maximum atomic E-state index is 11.8. The molecule has 9 nitrogen and oxygen atoms in total. The van der Waals surface area contributed by atoms with Gasteiger partial charge in [-0.2, -0.15) is 0 Å². The van der Waals surface area contributed by atoms with Crippen molar-refractivity contribution in [2.45, 2.75) is 37.6 Å². The minimum atomic E-state index is -1.38. The Labute approximate surface area is 145 Å². The molecule has 0 spiro atoms. The second-order valence-corrected chi connectivity index (χ2v) is 5.54. The zero-order valence-corrected chi connectivity index (χ0v) is 13.8. The van der Waals surface area contributed by atoms with Gasteiger partial charge in [0.25, 0.3) is 0 Å². The number of carbonyl (C=O) groups excluding carboxylic acids is 2. The van der Waals surface area contributed by atoms with E-state index in [1.807, 2.05) is 30.3 Å². The van der Waals surface area contributed by atoms with Crippen molar-refractivity contribution in [1.82, 2.24) is 0 Å². The highest BCUT2D eigenvalue weighted by Gasteiger charge is 2.27.